The number of aromatic nitrogens is 2. The first-order valence-corrected chi connectivity index (χ1v) is 6.73. The van der Waals surface area contributed by atoms with Gasteiger partial charge >= 0.3 is 0 Å². The maximum Gasteiger partial charge on any atom is 0.272 e. The van der Waals surface area contributed by atoms with Gasteiger partial charge in [0.15, 0.2) is 0 Å². The van der Waals surface area contributed by atoms with E-state index in [4.69, 9.17) is 0 Å². The molecule has 2 aromatic heterocycles. The average molecular weight is 332 g/mol. The maximum atomic E-state index is 11.0. The van der Waals surface area contributed by atoms with Crippen molar-refractivity contribution in [1.29, 1.82) is 0 Å². The molecule has 0 aliphatic carbocycles. The Morgan fingerprint density at radius 3 is 2.80 bits per heavy atom. The number of hydrogen-bond acceptors (Lipinski definition) is 3. The molecule has 0 saturated heterocycles. The molecule has 0 atom stereocenters. The van der Waals surface area contributed by atoms with Crippen molar-refractivity contribution in [3.8, 4) is 11.3 Å². The van der Waals surface area contributed by atoms with Crippen LogP contribution in [0.25, 0.3) is 16.9 Å². The van der Waals surface area contributed by atoms with E-state index in [0.717, 1.165) is 15.7 Å². The summed E-state index contributed by atoms with van der Waals surface area (Å²) in [4.78, 5) is 15.1. The number of nitrogens with zero attached hydrogens (tertiary/aromatic N) is 3. The van der Waals surface area contributed by atoms with Gasteiger partial charge in [0.1, 0.15) is 5.65 Å². The van der Waals surface area contributed by atoms with Crippen LogP contribution in [0.5, 0.6) is 0 Å². The van der Waals surface area contributed by atoms with Gasteiger partial charge in [-0.2, -0.15) is 0 Å². The standard InChI is InChI=1S/C14H10BrN3O2/c1-9-2-3-10(6-13(9)18(19)20)12-8-17-7-11(15)4-5-14(17)16-12/h2-8H,1H3. The van der Waals surface area contributed by atoms with Crippen LogP contribution in [-0.4, -0.2) is 14.3 Å². The van der Waals surface area contributed by atoms with Gasteiger partial charge in [0.25, 0.3) is 5.69 Å². The molecule has 20 heavy (non-hydrogen) atoms. The van der Waals surface area contributed by atoms with Gasteiger partial charge in [0, 0.05) is 34.1 Å². The lowest BCUT2D eigenvalue weighted by Crippen LogP contribution is -1.92. The fourth-order valence-corrected chi connectivity index (χ4v) is 2.42. The first-order valence-electron chi connectivity index (χ1n) is 5.94. The summed E-state index contributed by atoms with van der Waals surface area (Å²) in [5.74, 6) is 0. The molecule has 6 heteroatoms. The zero-order valence-electron chi connectivity index (χ0n) is 10.6. The number of aryl methyl sites for hydroxylation is 1. The summed E-state index contributed by atoms with van der Waals surface area (Å²) >= 11 is 3.40. The first kappa shape index (κ1) is 12.8. The summed E-state index contributed by atoms with van der Waals surface area (Å²) in [5.41, 5.74) is 3.01. The summed E-state index contributed by atoms with van der Waals surface area (Å²) < 4.78 is 2.83. The van der Waals surface area contributed by atoms with E-state index in [1.165, 1.54) is 0 Å². The van der Waals surface area contributed by atoms with E-state index in [2.05, 4.69) is 20.9 Å². The SMILES string of the molecule is Cc1ccc(-c2cn3cc(Br)ccc3n2)cc1[N+](=O)[O-]. The molecule has 100 valence electrons. The van der Waals surface area contributed by atoms with Gasteiger partial charge in [-0.25, -0.2) is 4.98 Å². The van der Waals surface area contributed by atoms with Gasteiger partial charge in [-0.15, -0.1) is 0 Å². The molecule has 2 heterocycles. The third-order valence-electron chi connectivity index (χ3n) is 3.12. The largest absolute Gasteiger partial charge is 0.305 e. The fraction of sp³-hybridized carbons (Fsp3) is 0.0714. The predicted molar refractivity (Wildman–Crippen MR) is 79.7 cm³/mol. The van der Waals surface area contributed by atoms with Gasteiger partial charge in [-0.1, -0.05) is 12.1 Å². The Bertz CT molecular complexity index is 826. The molecule has 0 unspecified atom stereocenters. The molecule has 3 rings (SSSR count). The molecule has 0 aliphatic heterocycles. The zero-order chi connectivity index (χ0) is 14.3. The number of pyridine rings is 1. The lowest BCUT2D eigenvalue weighted by Gasteiger charge is -1.99. The second-order valence-corrected chi connectivity index (χ2v) is 5.41. The number of rotatable bonds is 2. The molecule has 0 saturated carbocycles. The van der Waals surface area contributed by atoms with Gasteiger partial charge < -0.3 is 4.40 Å². The highest BCUT2D eigenvalue weighted by molar-refractivity contribution is 9.10. The summed E-state index contributed by atoms with van der Waals surface area (Å²) in [7, 11) is 0. The molecule has 1 aromatic carbocycles. The Morgan fingerprint density at radius 1 is 1.25 bits per heavy atom. The predicted octanol–water partition coefficient (Wildman–Crippen LogP) is 3.98. The highest BCUT2D eigenvalue weighted by Crippen LogP contribution is 2.26. The highest BCUT2D eigenvalue weighted by atomic mass is 79.9. The second-order valence-electron chi connectivity index (χ2n) is 4.50. The average Bonchev–Trinajstić information content (AvgIpc) is 2.81. The van der Waals surface area contributed by atoms with Crippen molar-refractivity contribution in [3.05, 3.63) is 62.9 Å². The van der Waals surface area contributed by atoms with Crippen LogP contribution >= 0.6 is 15.9 Å². The number of imidazole rings is 1. The van der Waals surface area contributed by atoms with E-state index < -0.39 is 0 Å². The van der Waals surface area contributed by atoms with Crippen molar-refractivity contribution in [3.63, 3.8) is 0 Å². The fourth-order valence-electron chi connectivity index (χ4n) is 2.07. The molecule has 0 fully saturated rings. The summed E-state index contributed by atoms with van der Waals surface area (Å²) in [5, 5.41) is 11.0. The minimum absolute atomic E-state index is 0.112. The Labute approximate surface area is 123 Å². The van der Waals surface area contributed by atoms with Crippen LogP contribution in [-0.2, 0) is 0 Å². The Hall–Kier alpha value is -2.21. The highest BCUT2D eigenvalue weighted by Gasteiger charge is 2.13. The normalized spacial score (nSPS) is 10.9. The molecule has 0 aliphatic rings. The van der Waals surface area contributed by atoms with E-state index in [0.29, 0.717) is 11.3 Å². The number of benzene rings is 1. The van der Waals surface area contributed by atoms with Gasteiger partial charge in [0.05, 0.1) is 10.6 Å². The smallest absolute Gasteiger partial charge is 0.272 e. The molecular weight excluding hydrogens is 322 g/mol. The Balaban J connectivity index is 2.15. The Kier molecular flexibility index (Phi) is 3.02. The van der Waals surface area contributed by atoms with Gasteiger partial charge in [-0.05, 0) is 35.0 Å². The minimum Gasteiger partial charge on any atom is -0.305 e. The van der Waals surface area contributed by atoms with Crippen LogP contribution in [0.4, 0.5) is 5.69 Å². The molecule has 0 bridgehead atoms. The van der Waals surface area contributed by atoms with Crippen LogP contribution in [0.3, 0.4) is 0 Å². The van der Waals surface area contributed by atoms with E-state index in [-0.39, 0.29) is 10.6 Å². The molecular formula is C14H10BrN3O2. The topological polar surface area (TPSA) is 60.4 Å². The summed E-state index contributed by atoms with van der Waals surface area (Å²) in [6.07, 6.45) is 3.75. The van der Waals surface area contributed by atoms with Gasteiger partial charge in [-0.3, -0.25) is 10.1 Å². The van der Waals surface area contributed by atoms with Crippen LogP contribution in [0.2, 0.25) is 0 Å². The number of nitro benzene ring substituents is 1. The molecule has 3 aromatic rings. The zero-order valence-corrected chi connectivity index (χ0v) is 12.2. The summed E-state index contributed by atoms with van der Waals surface area (Å²) in [6.45, 7) is 1.72. The minimum atomic E-state index is -0.370. The first-order chi connectivity index (χ1) is 9.54. The van der Waals surface area contributed by atoms with Crippen molar-refractivity contribution < 1.29 is 4.92 Å². The van der Waals surface area contributed by atoms with Gasteiger partial charge in [0.2, 0.25) is 0 Å². The van der Waals surface area contributed by atoms with Crippen LogP contribution in [0.1, 0.15) is 5.56 Å². The molecule has 0 spiro atoms. The molecule has 0 N–H and O–H groups in total. The van der Waals surface area contributed by atoms with Crippen molar-refractivity contribution in [2.75, 3.05) is 0 Å². The van der Waals surface area contributed by atoms with Crippen molar-refractivity contribution in [2.45, 2.75) is 6.92 Å². The number of hydrogen-bond donors (Lipinski definition) is 0. The van der Waals surface area contributed by atoms with E-state index >= 15 is 0 Å². The van der Waals surface area contributed by atoms with E-state index in [9.17, 15) is 10.1 Å². The third kappa shape index (κ3) is 2.18. The van der Waals surface area contributed by atoms with Crippen molar-refractivity contribution >= 4 is 27.3 Å². The Morgan fingerprint density at radius 2 is 2.05 bits per heavy atom. The number of nitro groups is 1. The van der Waals surface area contributed by atoms with Crippen molar-refractivity contribution in [2.24, 2.45) is 0 Å². The van der Waals surface area contributed by atoms with Crippen LogP contribution < -0.4 is 0 Å². The molecule has 5 nitrogen and oxygen atoms in total. The summed E-state index contributed by atoms with van der Waals surface area (Å²) in [6, 6.07) is 8.94. The number of halogens is 1. The van der Waals surface area contributed by atoms with Crippen molar-refractivity contribution in [1.82, 2.24) is 9.38 Å². The third-order valence-corrected chi connectivity index (χ3v) is 3.59. The lowest BCUT2D eigenvalue weighted by atomic mass is 10.1. The lowest BCUT2D eigenvalue weighted by molar-refractivity contribution is -0.385. The second kappa shape index (κ2) is 4.72. The van der Waals surface area contributed by atoms with Crippen LogP contribution in [0, 0.1) is 17.0 Å². The molecule has 0 radical (unpaired) electrons. The number of fused-ring (bicyclic) bond motifs is 1. The molecule has 0 amide bonds. The van der Waals surface area contributed by atoms with E-state index in [1.54, 1.807) is 19.1 Å². The quantitative estimate of drug-likeness (QED) is 0.527. The van der Waals surface area contributed by atoms with Crippen LogP contribution in [0.15, 0.2) is 47.2 Å². The van der Waals surface area contributed by atoms with E-state index in [1.807, 2.05) is 35.0 Å². The monoisotopic (exact) mass is 331 g/mol. The maximum absolute atomic E-state index is 11.0.